The van der Waals surface area contributed by atoms with Crippen molar-refractivity contribution in [1.82, 2.24) is 10.3 Å². The fraction of sp³-hybridized carbons (Fsp3) is 0.438. The molecule has 0 aliphatic heterocycles. The molecule has 0 radical (unpaired) electrons. The Morgan fingerprint density at radius 2 is 2.14 bits per heavy atom. The molecule has 5 heteroatoms. The molecule has 21 heavy (non-hydrogen) atoms. The second-order valence-corrected chi connectivity index (χ2v) is 5.53. The van der Waals surface area contributed by atoms with Gasteiger partial charge in [-0.05, 0) is 19.1 Å². The minimum absolute atomic E-state index is 0.313. The number of rotatable bonds is 6. The average molecular weight is 291 g/mol. The van der Waals surface area contributed by atoms with Gasteiger partial charge in [-0.25, -0.2) is 9.37 Å². The molecule has 0 atom stereocenters. The number of pyridine rings is 1. The van der Waals surface area contributed by atoms with E-state index in [4.69, 9.17) is 4.42 Å². The molecule has 0 saturated carbocycles. The maximum absolute atomic E-state index is 13.5. The molecule has 0 unspecified atom stereocenters. The van der Waals surface area contributed by atoms with Crippen LogP contribution in [0.2, 0.25) is 0 Å². The number of hydrogen-bond acceptors (Lipinski definition) is 4. The van der Waals surface area contributed by atoms with Gasteiger partial charge in [-0.1, -0.05) is 13.8 Å². The predicted molar refractivity (Wildman–Crippen MR) is 81.7 cm³/mol. The van der Waals surface area contributed by atoms with Gasteiger partial charge in [0.2, 0.25) is 0 Å². The molecule has 0 aromatic carbocycles. The number of nitrogens with zero attached hydrogens (tertiary/aromatic N) is 2. The fourth-order valence-corrected chi connectivity index (χ4v) is 2.17. The van der Waals surface area contributed by atoms with E-state index >= 15 is 0 Å². The molecular formula is C16H22FN3O. The number of halogens is 1. The summed E-state index contributed by atoms with van der Waals surface area (Å²) in [5, 5.41) is 3.30. The van der Waals surface area contributed by atoms with Crippen LogP contribution >= 0.6 is 0 Å². The van der Waals surface area contributed by atoms with Crippen LogP contribution in [0.4, 0.5) is 10.2 Å². The monoisotopic (exact) mass is 291 g/mol. The minimum atomic E-state index is -0.313. The van der Waals surface area contributed by atoms with Gasteiger partial charge in [0, 0.05) is 37.3 Å². The summed E-state index contributed by atoms with van der Waals surface area (Å²) in [5.74, 6) is 1.36. The zero-order chi connectivity index (χ0) is 15.4. The quantitative estimate of drug-likeness (QED) is 0.887. The zero-order valence-electron chi connectivity index (χ0n) is 13.0. The number of aromatic nitrogens is 1. The summed E-state index contributed by atoms with van der Waals surface area (Å²) in [7, 11) is 1.95. The van der Waals surface area contributed by atoms with Gasteiger partial charge < -0.3 is 14.6 Å². The maximum Gasteiger partial charge on any atom is 0.141 e. The number of anilines is 1. The van der Waals surface area contributed by atoms with Crippen LogP contribution in [0.1, 0.15) is 30.7 Å². The maximum atomic E-state index is 13.5. The Balaban J connectivity index is 2.19. The predicted octanol–water partition coefficient (Wildman–Crippen LogP) is 3.26. The first-order valence-electron chi connectivity index (χ1n) is 7.09. The first-order chi connectivity index (χ1) is 9.97. The molecule has 114 valence electrons. The number of nitrogens with one attached hydrogen (secondary N) is 1. The molecule has 4 nitrogen and oxygen atoms in total. The van der Waals surface area contributed by atoms with Crippen LogP contribution in [-0.4, -0.2) is 18.1 Å². The topological polar surface area (TPSA) is 41.3 Å². The van der Waals surface area contributed by atoms with Gasteiger partial charge in [-0.3, -0.25) is 0 Å². The van der Waals surface area contributed by atoms with E-state index in [-0.39, 0.29) is 5.82 Å². The lowest BCUT2D eigenvalue weighted by Crippen LogP contribution is -2.25. The normalized spacial score (nSPS) is 11.1. The molecular weight excluding hydrogens is 269 g/mol. The summed E-state index contributed by atoms with van der Waals surface area (Å²) >= 11 is 0. The summed E-state index contributed by atoms with van der Waals surface area (Å²) in [6.45, 7) is 7.32. The number of aryl methyl sites for hydroxylation is 1. The third kappa shape index (κ3) is 4.04. The van der Waals surface area contributed by atoms with Crippen LogP contribution in [0.25, 0.3) is 0 Å². The van der Waals surface area contributed by atoms with Gasteiger partial charge in [0.15, 0.2) is 0 Å². The molecule has 0 aliphatic rings. The van der Waals surface area contributed by atoms with Crippen molar-refractivity contribution in [1.29, 1.82) is 0 Å². The van der Waals surface area contributed by atoms with E-state index in [0.29, 0.717) is 19.1 Å². The van der Waals surface area contributed by atoms with Gasteiger partial charge in [0.05, 0.1) is 12.5 Å². The summed E-state index contributed by atoms with van der Waals surface area (Å²) in [5.41, 5.74) is 1.96. The smallest absolute Gasteiger partial charge is 0.141 e. The van der Waals surface area contributed by atoms with Crippen molar-refractivity contribution in [3.05, 3.63) is 47.3 Å². The first-order valence-corrected chi connectivity index (χ1v) is 7.09. The van der Waals surface area contributed by atoms with E-state index < -0.39 is 0 Å². The lowest BCUT2D eigenvalue weighted by molar-refractivity contribution is 0.529. The van der Waals surface area contributed by atoms with Gasteiger partial charge in [-0.2, -0.15) is 0 Å². The molecule has 0 fully saturated rings. The van der Waals surface area contributed by atoms with E-state index in [2.05, 4.69) is 24.1 Å². The van der Waals surface area contributed by atoms with Crippen LogP contribution in [-0.2, 0) is 13.1 Å². The minimum Gasteiger partial charge on any atom is -0.469 e. The highest BCUT2D eigenvalue weighted by molar-refractivity contribution is 5.47. The molecule has 0 aliphatic carbocycles. The third-order valence-electron chi connectivity index (χ3n) is 3.35. The highest BCUT2D eigenvalue weighted by Crippen LogP contribution is 2.21. The first kappa shape index (κ1) is 15.5. The van der Waals surface area contributed by atoms with Crippen LogP contribution < -0.4 is 10.2 Å². The summed E-state index contributed by atoms with van der Waals surface area (Å²) in [6.07, 6.45) is 2.94. The van der Waals surface area contributed by atoms with Gasteiger partial charge in [0.1, 0.15) is 17.4 Å². The van der Waals surface area contributed by atoms with Crippen LogP contribution in [0.3, 0.4) is 0 Å². The van der Waals surface area contributed by atoms with Crippen molar-refractivity contribution in [3.8, 4) is 0 Å². The molecule has 0 bridgehead atoms. The highest BCUT2D eigenvalue weighted by Gasteiger charge is 2.13. The molecule has 2 heterocycles. The van der Waals surface area contributed by atoms with Gasteiger partial charge >= 0.3 is 0 Å². The SMILES string of the molecule is Cc1occc1CN(C)c1ncc(F)cc1CNC(C)C. The molecule has 2 aromatic rings. The summed E-state index contributed by atoms with van der Waals surface area (Å²) in [4.78, 5) is 6.26. The molecule has 0 amide bonds. The van der Waals surface area contributed by atoms with Crippen molar-refractivity contribution >= 4 is 5.82 Å². The van der Waals surface area contributed by atoms with E-state index in [1.165, 1.54) is 12.3 Å². The standard InChI is InChI=1S/C16H22FN3O/c1-11(2)18-8-14-7-15(17)9-19-16(14)20(4)10-13-5-6-21-12(13)3/h5-7,9,11,18H,8,10H2,1-4H3. The van der Waals surface area contributed by atoms with Crippen molar-refractivity contribution < 1.29 is 8.81 Å². The van der Waals surface area contributed by atoms with E-state index in [9.17, 15) is 4.39 Å². The van der Waals surface area contributed by atoms with Crippen LogP contribution in [0.15, 0.2) is 29.0 Å². The second kappa shape index (κ2) is 6.72. The lowest BCUT2D eigenvalue weighted by atomic mass is 10.2. The Hall–Kier alpha value is -1.88. The Labute approximate surface area is 125 Å². The Morgan fingerprint density at radius 3 is 2.76 bits per heavy atom. The lowest BCUT2D eigenvalue weighted by Gasteiger charge is -2.21. The Kier molecular flexibility index (Phi) is 4.96. The number of hydrogen-bond donors (Lipinski definition) is 1. The number of furan rings is 1. The van der Waals surface area contributed by atoms with Crippen LogP contribution in [0.5, 0.6) is 0 Å². The highest BCUT2D eigenvalue weighted by atomic mass is 19.1. The van der Waals surface area contributed by atoms with Crippen LogP contribution in [0, 0.1) is 12.7 Å². The molecule has 0 saturated heterocycles. The third-order valence-corrected chi connectivity index (χ3v) is 3.35. The fourth-order valence-electron chi connectivity index (χ4n) is 2.17. The Bertz CT molecular complexity index is 595. The molecule has 2 rings (SSSR count). The molecule has 1 N–H and O–H groups in total. The Morgan fingerprint density at radius 1 is 1.38 bits per heavy atom. The molecule has 2 aromatic heterocycles. The van der Waals surface area contributed by atoms with Crippen molar-refractivity contribution in [2.45, 2.75) is 39.9 Å². The van der Waals surface area contributed by atoms with Crippen molar-refractivity contribution in [2.75, 3.05) is 11.9 Å². The zero-order valence-corrected chi connectivity index (χ0v) is 13.0. The second-order valence-electron chi connectivity index (χ2n) is 5.53. The van der Waals surface area contributed by atoms with Crippen molar-refractivity contribution in [3.63, 3.8) is 0 Å². The van der Waals surface area contributed by atoms with Gasteiger partial charge in [-0.15, -0.1) is 0 Å². The average Bonchev–Trinajstić information content (AvgIpc) is 2.82. The van der Waals surface area contributed by atoms with E-state index in [0.717, 1.165) is 22.7 Å². The van der Waals surface area contributed by atoms with E-state index in [1.807, 2.05) is 24.9 Å². The molecule has 0 spiro atoms. The van der Waals surface area contributed by atoms with Crippen molar-refractivity contribution in [2.24, 2.45) is 0 Å². The van der Waals surface area contributed by atoms with E-state index in [1.54, 1.807) is 6.26 Å². The summed E-state index contributed by atoms with van der Waals surface area (Å²) < 4.78 is 18.8. The summed E-state index contributed by atoms with van der Waals surface area (Å²) in [6, 6.07) is 3.82. The van der Waals surface area contributed by atoms with Gasteiger partial charge in [0.25, 0.3) is 0 Å². The largest absolute Gasteiger partial charge is 0.469 e.